The summed E-state index contributed by atoms with van der Waals surface area (Å²) in [5, 5.41) is 7.95. The first-order valence-corrected chi connectivity index (χ1v) is 14.5. The summed E-state index contributed by atoms with van der Waals surface area (Å²) in [6.07, 6.45) is 1.71. The van der Waals surface area contributed by atoms with E-state index in [1.54, 1.807) is 12.3 Å². The van der Waals surface area contributed by atoms with Crippen LogP contribution in [-0.2, 0) is 4.79 Å². The Kier molecular flexibility index (Phi) is 8.40. The van der Waals surface area contributed by atoms with Gasteiger partial charge >= 0.3 is 0 Å². The molecule has 5 aromatic rings. The molecule has 0 aliphatic carbocycles. The van der Waals surface area contributed by atoms with E-state index >= 15 is 0 Å². The van der Waals surface area contributed by atoms with Crippen molar-refractivity contribution in [1.29, 1.82) is 0 Å². The monoisotopic (exact) mass is 625 g/mol. The highest BCUT2D eigenvalue weighted by Crippen LogP contribution is 2.23. The van der Waals surface area contributed by atoms with Crippen LogP contribution in [0.5, 0.6) is 5.75 Å². The summed E-state index contributed by atoms with van der Waals surface area (Å²) in [4.78, 5) is 30.4. The average molecular weight is 627 g/mol. The molecule has 0 radical (unpaired) electrons. The molecule has 9 heteroatoms. The van der Waals surface area contributed by atoms with E-state index in [0.29, 0.717) is 22.5 Å². The molecule has 0 aliphatic rings. The highest BCUT2D eigenvalue weighted by atomic mass is 79.9. The van der Waals surface area contributed by atoms with Crippen molar-refractivity contribution < 1.29 is 9.53 Å². The fourth-order valence-corrected chi connectivity index (χ4v) is 5.12. The van der Waals surface area contributed by atoms with Crippen LogP contribution in [0.4, 0.5) is 5.69 Å². The third kappa shape index (κ3) is 6.21. The molecule has 0 aliphatic heterocycles. The predicted molar refractivity (Wildman–Crippen MR) is 171 cm³/mol. The molecule has 3 aromatic carbocycles. The molecular weight excluding hydrogens is 594 g/mol. The Morgan fingerprint density at radius 3 is 2.43 bits per heavy atom. The third-order valence-electron chi connectivity index (χ3n) is 6.93. The van der Waals surface area contributed by atoms with E-state index in [0.717, 1.165) is 38.4 Å². The molecule has 0 fully saturated rings. The number of fused-ring (bicyclic) bond motifs is 1. The molecule has 8 nitrogen and oxygen atoms in total. The fourth-order valence-electron chi connectivity index (χ4n) is 4.76. The maximum atomic E-state index is 13.4. The highest BCUT2D eigenvalue weighted by molar-refractivity contribution is 9.10. The molecule has 0 bridgehead atoms. The molecule has 0 saturated heterocycles. The summed E-state index contributed by atoms with van der Waals surface area (Å²) in [5.41, 5.74) is 6.11. The Morgan fingerprint density at radius 2 is 1.74 bits per heavy atom. The van der Waals surface area contributed by atoms with Crippen molar-refractivity contribution in [3.05, 3.63) is 116 Å². The minimum absolute atomic E-state index is 0.00439. The second kappa shape index (κ2) is 12.2. The molecule has 2 aromatic heterocycles. The molecular formula is C33H32BrN5O3. The number of carbonyl (C=O) groups excluding carboxylic acids is 1. The maximum absolute atomic E-state index is 13.4. The number of aryl methyl sites for hydroxylation is 2. The van der Waals surface area contributed by atoms with Gasteiger partial charge in [-0.25, -0.2) is 4.98 Å². The summed E-state index contributed by atoms with van der Waals surface area (Å²) in [7, 11) is 0. The van der Waals surface area contributed by atoms with Crippen molar-refractivity contribution in [2.75, 3.05) is 11.9 Å². The maximum Gasteiger partial charge on any atom is 0.282 e. The van der Waals surface area contributed by atoms with Crippen LogP contribution in [0.1, 0.15) is 48.1 Å². The fraction of sp³-hybridized carbons (Fsp3) is 0.212. The zero-order valence-corrected chi connectivity index (χ0v) is 25.8. The molecule has 2 heterocycles. The van der Waals surface area contributed by atoms with Crippen molar-refractivity contribution in [3.63, 3.8) is 0 Å². The number of nitrogens with zero attached hydrogens (tertiary/aromatic N) is 4. The Hall–Kier alpha value is -4.50. The molecule has 214 valence electrons. The van der Waals surface area contributed by atoms with Gasteiger partial charge in [-0.3, -0.25) is 9.59 Å². The Bertz CT molecular complexity index is 1850. The van der Waals surface area contributed by atoms with Crippen molar-refractivity contribution in [2.24, 2.45) is 5.10 Å². The van der Waals surface area contributed by atoms with E-state index in [1.165, 1.54) is 4.68 Å². The Labute approximate surface area is 252 Å². The largest absolute Gasteiger partial charge is 0.484 e. The van der Waals surface area contributed by atoms with Gasteiger partial charge in [-0.05, 0) is 81.4 Å². The van der Waals surface area contributed by atoms with Gasteiger partial charge in [-0.2, -0.15) is 9.78 Å². The topological polar surface area (TPSA) is 90.5 Å². The van der Waals surface area contributed by atoms with Crippen molar-refractivity contribution in [3.8, 4) is 11.4 Å². The van der Waals surface area contributed by atoms with E-state index in [9.17, 15) is 9.59 Å². The number of amides is 1. The van der Waals surface area contributed by atoms with Crippen LogP contribution in [-0.4, -0.2) is 33.0 Å². The molecule has 1 N–H and O–H groups in total. The lowest BCUT2D eigenvalue weighted by Crippen LogP contribution is -2.23. The van der Waals surface area contributed by atoms with Crippen LogP contribution < -0.4 is 15.6 Å². The smallest absolute Gasteiger partial charge is 0.282 e. The van der Waals surface area contributed by atoms with Gasteiger partial charge in [-0.15, -0.1) is 0 Å². The van der Waals surface area contributed by atoms with Gasteiger partial charge < -0.3 is 14.6 Å². The Morgan fingerprint density at radius 1 is 1.02 bits per heavy atom. The number of benzene rings is 3. The van der Waals surface area contributed by atoms with Crippen molar-refractivity contribution >= 4 is 44.6 Å². The SMILES string of the molecule is Cc1ccc(NC(=O)COc2ccc(-n3c(C)cc(C=Nn4c(C(C)C)nc5ccc(Br)cc5c4=O)c3C)cc2)cc1. The van der Waals surface area contributed by atoms with Gasteiger partial charge in [0.1, 0.15) is 11.6 Å². The predicted octanol–water partition coefficient (Wildman–Crippen LogP) is 6.90. The first kappa shape index (κ1) is 29.0. The number of carbonyl (C=O) groups is 1. The summed E-state index contributed by atoms with van der Waals surface area (Å²) in [6, 6.07) is 22.7. The summed E-state index contributed by atoms with van der Waals surface area (Å²) in [5.74, 6) is 0.976. The van der Waals surface area contributed by atoms with Gasteiger partial charge in [0.25, 0.3) is 11.5 Å². The lowest BCUT2D eigenvalue weighted by molar-refractivity contribution is -0.118. The molecule has 42 heavy (non-hydrogen) atoms. The highest BCUT2D eigenvalue weighted by Gasteiger charge is 2.15. The van der Waals surface area contributed by atoms with E-state index in [-0.39, 0.29) is 24.0 Å². The normalized spacial score (nSPS) is 11.5. The van der Waals surface area contributed by atoms with Crippen LogP contribution in [0.15, 0.2) is 87.2 Å². The number of rotatable bonds is 8. The Balaban J connectivity index is 1.34. The van der Waals surface area contributed by atoms with Crippen LogP contribution in [0.25, 0.3) is 16.6 Å². The number of halogens is 1. The number of nitrogens with one attached hydrogen (secondary N) is 1. The van der Waals surface area contributed by atoms with E-state index in [4.69, 9.17) is 9.72 Å². The van der Waals surface area contributed by atoms with Gasteiger partial charge in [0.15, 0.2) is 6.61 Å². The van der Waals surface area contributed by atoms with E-state index in [1.807, 2.05) is 101 Å². The average Bonchev–Trinajstić information content (AvgIpc) is 3.25. The number of aromatic nitrogens is 3. The minimum atomic E-state index is -0.224. The number of hydrogen-bond donors (Lipinski definition) is 1. The van der Waals surface area contributed by atoms with Gasteiger partial charge in [0.05, 0.1) is 17.1 Å². The molecule has 0 spiro atoms. The minimum Gasteiger partial charge on any atom is -0.484 e. The van der Waals surface area contributed by atoms with Gasteiger partial charge in [0, 0.05) is 38.7 Å². The second-order valence-electron chi connectivity index (χ2n) is 10.5. The summed E-state index contributed by atoms with van der Waals surface area (Å²) in [6.45, 7) is 9.93. The summed E-state index contributed by atoms with van der Waals surface area (Å²) >= 11 is 3.45. The van der Waals surface area contributed by atoms with Crippen LogP contribution in [0, 0.1) is 20.8 Å². The first-order valence-electron chi connectivity index (χ1n) is 13.7. The lowest BCUT2D eigenvalue weighted by Gasteiger charge is -2.12. The third-order valence-corrected chi connectivity index (χ3v) is 7.43. The summed E-state index contributed by atoms with van der Waals surface area (Å²) < 4.78 is 10.0. The number of ether oxygens (including phenoxy) is 1. The second-order valence-corrected chi connectivity index (χ2v) is 11.4. The van der Waals surface area contributed by atoms with Crippen LogP contribution in [0.2, 0.25) is 0 Å². The zero-order valence-electron chi connectivity index (χ0n) is 24.2. The van der Waals surface area contributed by atoms with Gasteiger partial charge in [-0.1, -0.05) is 47.5 Å². The quantitative estimate of drug-likeness (QED) is 0.190. The number of anilines is 1. The van der Waals surface area contributed by atoms with Crippen molar-refractivity contribution in [1.82, 2.24) is 14.2 Å². The standard InChI is InChI=1S/C33H32BrN5O3/c1-20(2)32-37-30-15-8-25(34)17-29(30)33(41)39(32)35-18-24-16-22(4)38(23(24)5)27-11-13-28(14-12-27)42-19-31(40)36-26-9-6-21(3)7-10-26/h6-18,20H,19H2,1-5H3,(H,36,40). The molecule has 1 amide bonds. The molecule has 0 atom stereocenters. The van der Waals surface area contributed by atoms with Crippen LogP contribution >= 0.6 is 15.9 Å². The zero-order chi connectivity index (χ0) is 30.0. The first-order chi connectivity index (χ1) is 20.1. The molecule has 0 saturated carbocycles. The van der Waals surface area contributed by atoms with E-state index < -0.39 is 0 Å². The van der Waals surface area contributed by atoms with Gasteiger partial charge in [0.2, 0.25) is 0 Å². The lowest BCUT2D eigenvalue weighted by atomic mass is 10.2. The number of hydrogen-bond acceptors (Lipinski definition) is 5. The molecule has 0 unspecified atom stereocenters. The van der Waals surface area contributed by atoms with E-state index in [2.05, 4.69) is 30.9 Å². The molecule has 5 rings (SSSR count). The van der Waals surface area contributed by atoms with Crippen LogP contribution in [0.3, 0.4) is 0 Å². The van der Waals surface area contributed by atoms with Crippen molar-refractivity contribution in [2.45, 2.75) is 40.5 Å².